The normalized spacial score (nSPS) is 18.6. The third kappa shape index (κ3) is 7.92. The summed E-state index contributed by atoms with van der Waals surface area (Å²) in [7, 11) is -0.936. The fraction of sp³-hybridized carbons (Fsp3) is 0.783. The quantitative estimate of drug-likeness (QED) is 0.338. The average molecular weight is 375 g/mol. The van der Waals surface area contributed by atoms with E-state index in [1.165, 1.54) is 75.8 Å². The number of pyridine rings is 1. The van der Waals surface area contributed by atoms with Crippen molar-refractivity contribution in [3.8, 4) is 0 Å². The van der Waals surface area contributed by atoms with Crippen molar-refractivity contribution in [3.63, 3.8) is 0 Å². The van der Waals surface area contributed by atoms with Crippen molar-refractivity contribution in [2.24, 2.45) is 11.7 Å². The molecule has 1 unspecified atom stereocenters. The minimum Gasteiger partial charge on any atom is -0.321 e. The number of hydrogen-bond donors (Lipinski definition) is 1. The first-order valence-electron chi connectivity index (χ1n) is 11.1. The van der Waals surface area contributed by atoms with E-state index < -0.39 is 8.07 Å². The fourth-order valence-electron chi connectivity index (χ4n) is 4.52. The van der Waals surface area contributed by atoms with Gasteiger partial charge in [0.2, 0.25) is 0 Å². The monoisotopic (exact) mass is 374 g/mol. The van der Waals surface area contributed by atoms with Gasteiger partial charge in [0.05, 0.1) is 0 Å². The molecule has 1 aliphatic carbocycles. The van der Waals surface area contributed by atoms with Crippen LogP contribution in [0.25, 0.3) is 0 Å². The smallest absolute Gasteiger partial charge is 0.0442 e. The van der Waals surface area contributed by atoms with Crippen LogP contribution in [0.4, 0.5) is 0 Å². The first-order chi connectivity index (χ1) is 12.4. The van der Waals surface area contributed by atoms with Crippen molar-refractivity contribution in [2.45, 2.75) is 108 Å². The predicted octanol–water partition coefficient (Wildman–Crippen LogP) is 6.88. The largest absolute Gasteiger partial charge is 0.321 e. The molecule has 0 bridgehead atoms. The van der Waals surface area contributed by atoms with Crippen LogP contribution >= 0.6 is 0 Å². The first kappa shape index (κ1) is 21.6. The lowest BCUT2D eigenvalue weighted by Gasteiger charge is -2.31. The summed E-state index contributed by atoms with van der Waals surface area (Å²) in [4.78, 5) is 4.35. The van der Waals surface area contributed by atoms with Crippen LogP contribution in [0.15, 0.2) is 24.5 Å². The summed E-state index contributed by atoms with van der Waals surface area (Å²) in [6.07, 6.45) is 20.0. The van der Waals surface area contributed by atoms with E-state index >= 15 is 0 Å². The summed E-state index contributed by atoms with van der Waals surface area (Å²) >= 11 is 0. The van der Waals surface area contributed by atoms with Crippen LogP contribution in [0, 0.1) is 5.92 Å². The Kier molecular flexibility index (Phi) is 8.82. The summed E-state index contributed by atoms with van der Waals surface area (Å²) in [5.74, 6) is 0.992. The Morgan fingerprint density at radius 1 is 1.04 bits per heavy atom. The molecule has 0 saturated heterocycles. The summed E-state index contributed by atoms with van der Waals surface area (Å²) in [6, 6.07) is 5.64. The maximum Gasteiger partial charge on any atom is 0.0442 e. The third-order valence-electron chi connectivity index (χ3n) is 6.25. The van der Waals surface area contributed by atoms with Crippen LogP contribution in [-0.2, 0) is 5.54 Å². The third-order valence-corrected chi connectivity index (χ3v) is 8.10. The zero-order valence-corrected chi connectivity index (χ0v) is 18.6. The zero-order chi connectivity index (χ0) is 18.9. The Morgan fingerprint density at radius 2 is 1.73 bits per heavy atom. The van der Waals surface area contributed by atoms with Gasteiger partial charge in [-0.3, -0.25) is 4.98 Å². The molecule has 0 amide bonds. The second-order valence-electron chi connectivity index (χ2n) is 9.92. The topological polar surface area (TPSA) is 38.9 Å². The van der Waals surface area contributed by atoms with E-state index in [1.54, 1.807) is 0 Å². The average Bonchev–Trinajstić information content (AvgIpc) is 2.63. The maximum atomic E-state index is 6.96. The van der Waals surface area contributed by atoms with Crippen molar-refractivity contribution >= 4 is 8.07 Å². The lowest BCUT2D eigenvalue weighted by atomic mass is 9.81. The lowest BCUT2D eigenvalue weighted by Crippen LogP contribution is -2.37. The van der Waals surface area contributed by atoms with Crippen molar-refractivity contribution in [3.05, 3.63) is 30.1 Å². The Balaban J connectivity index is 1.82. The Bertz CT molecular complexity index is 491. The molecular weight excluding hydrogens is 332 g/mol. The number of aromatic nitrogens is 1. The summed E-state index contributed by atoms with van der Waals surface area (Å²) in [5.41, 5.74) is 8.02. The highest BCUT2D eigenvalue weighted by atomic mass is 28.3. The van der Waals surface area contributed by atoms with Crippen LogP contribution in [0.1, 0.15) is 82.6 Å². The molecule has 1 aromatic heterocycles. The molecule has 26 heavy (non-hydrogen) atoms. The van der Waals surface area contributed by atoms with Gasteiger partial charge < -0.3 is 5.73 Å². The Morgan fingerprint density at radius 3 is 2.35 bits per heavy atom. The van der Waals surface area contributed by atoms with Gasteiger partial charge in [0.25, 0.3) is 0 Å². The van der Waals surface area contributed by atoms with E-state index in [9.17, 15) is 0 Å². The lowest BCUT2D eigenvalue weighted by molar-refractivity contribution is 0.308. The van der Waals surface area contributed by atoms with Gasteiger partial charge in [-0.2, -0.15) is 0 Å². The van der Waals surface area contributed by atoms with Crippen molar-refractivity contribution < 1.29 is 0 Å². The van der Waals surface area contributed by atoms with Crippen LogP contribution < -0.4 is 5.73 Å². The first-order valence-corrected chi connectivity index (χ1v) is 14.8. The molecule has 2 nitrogen and oxygen atoms in total. The number of hydrogen-bond acceptors (Lipinski definition) is 2. The van der Waals surface area contributed by atoms with Crippen LogP contribution in [0.3, 0.4) is 0 Å². The molecule has 2 rings (SSSR count). The van der Waals surface area contributed by atoms with E-state index in [-0.39, 0.29) is 5.54 Å². The molecule has 0 spiro atoms. The minimum absolute atomic E-state index is 0.180. The molecule has 1 aliphatic rings. The van der Waals surface area contributed by atoms with Crippen molar-refractivity contribution in [2.75, 3.05) is 0 Å². The predicted molar refractivity (Wildman–Crippen MR) is 117 cm³/mol. The highest BCUT2D eigenvalue weighted by Crippen LogP contribution is 2.33. The van der Waals surface area contributed by atoms with Gasteiger partial charge in [-0.15, -0.1) is 0 Å². The molecule has 1 heterocycles. The highest BCUT2D eigenvalue weighted by molar-refractivity contribution is 6.76. The van der Waals surface area contributed by atoms with E-state index in [2.05, 4.69) is 30.7 Å². The fourth-order valence-corrected chi connectivity index (χ4v) is 5.83. The van der Waals surface area contributed by atoms with Crippen molar-refractivity contribution in [1.82, 2.24) is 4.98 Å². The summed E-state index contributed by atoms with van der Waals surface area (Å²) < 4.78 is 0. The molecule has 0 aromatic carbocycles. The number of unbranched alkanes of at least 4 members (excludes halogenated alkanes) is 2. The Hall–Kier alpha value is -0.673. The summed E-state index contributed by atoms with van der Waals surface area (Å²) in [6.45, 7) is 7.40. The van der Waals surface area contributed by atoms with E-state index in [4.69, 9.17) is 5.73 Å². The summed E-state index contributed by atoms with van der Waals surface area (Å²) in [5, 5.41) is 0. The molecule has 0 radical (unpaired) electrons. The molecule has 0 aliphatic heterocycles. The van der Waals surface area contributed by atoms with Crippen LogP contribution in [0.5, 0.6) is 0 Å². The van der Waals surface area contributed by atoms with Gasteiger partial charge in [0.1, 0.15) is 0 Å². The van der Waals surface area contributed by atoms with Crippen LogP contribution in [0.2, 0.25) is 25.7 Å². The van der Waals surface area contributed by atoms with Gasteiger partial charge in [-0.1, -0.05) is 96.0 Å². The molecular formula is C23H42N2Si. The van der Waals surface area contributed by atoms with Gasteiger partial charge >= 0.3 is 0 Å². The van der Waals surface area contributed by atoms with E-state index in [0.717, 1.165) is 18.8 Å². The number of rotatable bonds is 11. The Labute approximate surface area is 163 Å². The molecule has 1 saturated carbocycles. The van der Waals surface area contributed by atoms with E-state index in [1.807, 2.05) is 18.5 Å². The standard InChI is InChI=1S/C23H42N2Si/c1-26(2,3)19-10-9-17-23(24,22-15-11-18-25-20-22)16-8-7-14-21-12-5-4-6-13-21/h11,15,18,20-21H,4-10,12-14,16-17,19,24H2,1-3H3. The maximum absolute atomic E-state index is 6.96. The van der Waals surface area contributed by atoms with Crippen molar-refractivity contribution in [1.29, 1.82) is 0 Å². The SMILES string of the molecule is C[Si](C)(C)CCCCC(N)(CCCCC1CCCCC1)c1cccnc1. The second-order valence-corrected chi connectivity index (χ2v) is 15.5. The highest BCUT2D eigenvalue weighted by Gasteiger charge is 2.27. The molecule has 3 heteroatoms. The van der Waals surface area contributed by atoms with Crippen LogP contribution in [-0.4, -0.2) is 13.1 Å². The van der Waals surface area contributed by atoms with Gasteiger partial charge in [0, 0.05) is 26.0 Å². The molecule has 1 atom stereocenters. The zero-order valence-electron chi connectivity index (χ0n) is 17.6. The molecule has 1 aromatic rings. The van der Waals surface area contributed by atoms with Gasteiger partial charge in [0.15, 0.2) is 0 Å². The van der Waals surface area contributed by atoms with E-state index in [0.29, 0.717) is 0 Å². The molecule has 1 fully saturated rings. The van der Waals surface area contributed by atoms with Gasteiger partial charge in [-0.25, -0.2) is 0 Å². The minimum atomic E-state index is -0.936. The van der Waals surface area contributed by atoms with Gasteiger partial charge in [-0.05, 0) is 30.4 Å². The number of nitrogens with two attached hydrogens (primary N) is 1. The second kappa shape index (κ2) is 10.6. The molecule has 148 valence electrons. The molecule has 2 N–H and O–H groups in total. The number of nitrogens with zero attached hydrogens (tertiary/aromatic N) is 1.